The molecule has 0 atom stereocenters. The summed E-state index contributed by atoms with van der Waals surface area (Å²) in [6, 6.07) is 4.19. The number of nitrogens with one attached hydrogen (secondary N) is 1. The number of benzene rings is 1. The largest absolute Gasteiger partial charge is 0.322 e. The van der Waals surface area contributed by atoms with Gasteiger partial charge in [0, 0.05) is 19.4 Å². The number of rotatable bonds is 5. The van der Waals surface area contributed by atoms with Crippen LogP contribution in [-0.4, -0.2) is 37.2 Å². The Morgan fingerprint density at radius 1 is 1.21 bits per heavy atom. The molecule has 0 fully saturated rings. The maximum absolute atomic E-state index is 13.5. The zero-order valence-electron chi connectivity index (χ0n) is 12.3. The SMILES string of the molecule is CN(CC(=O)Nc1ccc(F)c(F)c1F)S(=O)(=O)c1cccnc1. The molecule has 0 aliphatic heterocycles. The van der Waals surface area contributed by atoms with Crippen molar-refractivity contribution in [2.24, 2.45) is 0 Å². The number of hydrogen-bond acceptors (Lipinski definition) is 4. The molecule has 0 bridgehead atoms. The van der Waals surface area contributed by atoms with Crippen molar-refractivity contribution in [3.63, 3.8) is 0 Å². The summed E-state index contributed by atoms with van der Waals surface area (Å²) in [5.74, 6) is -5.62. The van der Waals surface area contributed by atoms with Gasteiger partial charge in [0.2, 0.25) is 15.9 Å². The molecule has 0 unspecified atom stereocenters. The number of nitrogens with zero attached hydrogens (tertiary/aromatic N) is 2. The summed E-state index contributed by atoms with van der Waals surface area (Å²) in [6.45, 7) is -0.657. The third-order valence-electron chi connectivity index (χ3n) is 3.02. The van der Waals surface area contributed by atoms with Crippen LogP contribution in [0.25, 0.3) is 0 Å². The summed E-state index contributed by atoms with van der Waals surface area (Å²) in [5.41, 5.74) is -0.592. The highest BCUT2D eigenvalue weighted by atomic mass is 32.2. The molecular weight excluding hydrogens is 347 g/mol. The molecule has 128 valence electrons. The van der Waals surface area contributed by atoms with Gasteiger partial charge in [-0.05, 0) is 24.3 Å². The predicted octanol–water partition coefficient (Wildman–Crippen LogP) is 1.76. The first-order chi connectivity index (χ1) is 11.2. The van der Waals surface area contributed by atoms with Gasteiger partial charge in [-0.25, -0.2) is 21.6 Å². The van der Waals surface area contributed by atoms with E-state index in [0.717, 1.165) is 23.6 Å². The number of pyridine rings is 1. The van der Waals surface area contributed by atoms with Crippen LogP contribution in [0.2, 0.25) is 0 Å². The van der Waals surface area contributed by atoms with Crippen LogP contribution in [0.5, 0.6) is 0 Å². The number of aromatic nitrogens is 1. The number of halogens is 3. The van der Waals surface area contributed by atoms with Crippen molar-refractivity contribution in [3.8, 4) is 0 Å². The van der Waals surface area contributed by atoms with Gasteiger partial charge >= 0.3 is 0 Å². The van der Waals surface area contributed by atoms with Gasteiger partial charge < -0.3 is 5.32 Å². The Bertz CT molecular complexity index is 860. The summed E-state index contributed by atoms with van der Waals surface area (Å²) in [7, 11) is -2.83. The van der Waals surface area contributed by atoms with Gasteiger partial charge in [0.15, 0.2) is 17.5 Å². The molecule has 10 heteroatoms. The normalized spacial score (nSPS) is 11.5. The third kappa shape index (κ3) is 3.71. The monoisotopic (exact) mass is 359 g/mol. The lowest BCUT2D eigenvalue weighted by molar-refractivity contribution is -0.116. The molecule has 0 saturated heterocycles. The zero-order valence-corrected chi connectivity index (χ0v) is 13.1. The van der Waals surface area contributed by atoms with Gasteiger partial charge in [-0.3, -0.25) is 9.78 Å². The van der Waals surface area contributed by atoms with E-state index in [4.69, 9.17) is 0 Å². The number of carbonyl (C=O) groups is 1. The van der Waals surface area contributed by atoms with Crippen molar-refractivity contribution in [2.45, 2.75) is 4.90 Å². The average molecular weight is 359 g/mol. The molecule has 0 aliphatic rings. The van der Waals surface area contributed by atoms with Crippen LogP contribution in [-0.2, 0) is 14.8 Å². The maximum atomic E-state index is 13.5. The van der Waals surface area contributed by atoms with E-state index in [2.05, 4.69) is 4.98 Å². The van der Waals surface area contributed by atoms with Crippen molar-refractivity contribution >= 4 is 21.6 Å². The van der Waals surface area contributed by atoms with Crippen molar-refractivity contribution in [3.05, 3.63) is 54.1 Å². The topological polar surface area (TPSA) is 79.4 Å². The molecule has 0 saturated carbocycles. The van der Waals surface area contributed by atoms with Crippen molar-refractivity contribution in [1.82, 2.24) is 9.29 Å². The van der Waals surface area contributed by atoms with Crippen LogP contribution in [0.15, 0.2) is 41.6 Å². The number of hydrogen-bond donors (Lipinski definition) is 1. The molecule has 1 heterocycles. The maximum Gasteiger partial charge on any atom is 0.244 e. The molecule has 2 rings (SSSR count). The van der Waals surface area contributed by atoms with E-state index >= 15 is 0 Å². The quantitative estimate of drug-likeness (QED) is 0.825. The number of amides is 1. The molecule has 1 amide bonds. The Kier molecular flexibility index (Phi) is 5.20. The van der Waals surface area contributed by atoms with Gasteiger partial charge in [-0.1, -0.05) is 0 Å². The molecule has 0 radical (unpaired) electrons. The Hall–Kier alpha value is -2.46. The molecule has 1 aromatic carbocycles. The minimum atomic E-state index is -3.97. The lowest BCUT2D eigenvalue weighted by atomic mass is 10.3. The molecule has 0 spiro atoms. The number of carbonyl (C=O) groups excluding carboxylic acids is 1. The van der Waals surface area contributed by atoms with Gasteiger partial charge in [0.25, 0.3) is 0 Å². The van der Waals surface area contributed by atoms with Crippen LogP contribution in [0.4, 0.5) is 18.9 Å². The Morgan fingerprint density at radius 2 is 1.92 bits per heavy atom. The molecule has 1 aromatic heterocycles. The van der Waals surface area contributed by atoms with Crippen molar-refractivity contribution < 1.29 is 26.4 Å². The Labute approximate surface area is 136 Å². The van der Waals surface area contributed by atoms with E-state index in [0.29, 0.717) is 6.07 Å². The summed E-state index contributed by atoms with van der Waals surface area (Å²) in [4.78, 5) is 15.4. The predicted molar refractivity (Wildman–Crippen MR) is 79.0 cm³/mol. The fraction of sp³-hybridized carbons (Fsp3) is 0.143. The van der Waals surface area contributed by atoms with Crippen LogP contribution in [0.1, 0.15) is 0 Å². The van der Waals surface area contributed by atoms with E-state index < -0.39 is 45.6 Å². The van der Waals surface area contributed by atoms with Gasteiger partial charge in [-0.2, -0.15) is 4.31 Å². The Balaban J connectivity index is 2.11. The zero-order chi connectivity index (χ0) is 17.9. The van der Waals surface area contributed by atoms with Gasteiger partial charge in [0.05, 0.1) is 12.2 Å². The number of sulfonamides is 1. The van der Waals surface area contributed by atoms with Gasteiger partial charge in [0.1, 0.15) is 4.90 Å². The molecule has 24 heavy (non-hydrogen) atoms. The van der Waals surface area contributed by atoms with Crippen LogP contribution in [0.3, 0.4) is 0 Å². The highest BCUT2D eigenvalue weighted by Gasteiger charge is 2.24. The van der Waals surface area contributed by atoms with E-state index in [-0.39, 0.29) is 4.90 Å². The smallest absolute Gasteiger partial charge is 0.244 e. The second kappa shape index (κ2) is 6.97. The summed E-state index contributed by atoms with van der Waals surface area (Å²) < 4.78 is 64.6. The minimum absolute atomic E-state index is 0.126. The van der Waals surface area contributed by atoms with E-state index in [1.54, 1.807) is 0 Å². The first-order valence-corrected chi connectivity index (χ1v) is 7.97. The second-order valence-electron chi connectivity index (χ2n) is 4.72. The molecule has 1 N–H and O–H groups in total. The van der Waals surface area contributed by atoms with E-state index in [9.17, 15) is 26.4 Å². The van der Waals surface area contributed by atoms with E-state index in [1.807, 2.05) is 5.32 Å². The fourth-order valence-corrected chi connectivity index (χ4v) is 2.87. The van der Waals surface area contributed by atoms with Gasteiger partial charge in [-0.15, -0.1) is 0 Å². The van der Waals surface area contributed by atoms with Crippen LogP contribution in [0, 0.1) is 17.5 Å². The van der Waals surface area contributed by atoms with E-state index in [1.165, 1.54) is 18.3 Å². The second-order valence-corrected chi connectivity index (χ2v) is 6.77. The molecule has 0 aliphatic carbocycles. The molecule has 6 nitrogen and oxygen atoms in total. The Morgan fingerprint density at radius 3 is 2.54 bits per heavy atom. The number of anilines is 1. The van der Waals surface area contributed by atoms with Crippen molar-refractivity contribution in [1.29, 1.82) is 0 Å². The third-order valence-corrected chi connectivity index (χ3v) is 4.81. The first-order valence-electron chi connectivity index (χ1n) is 6.53. The standard InChI is InChI=1S/C14H12F3N3O3S/c1-20(24(22,23)9-3-2-6-18-7-9)8-12(21)19-11-5-4-10(15)13(16)14(11)17/h2-7H,8H2,1H3,(H,19,21). The summed E-state index contributed by atoms with van der Waals surface area (Å²) in [6.07, 6.45) is 2.50. The summed E-state index contributed by atoms with van der Waals surface area (Å²) >= 11 is 0. The van der Waals surface area contributed by atoms with Crippen LogP contribution < -0.4 is 5.32 Å². The van der Waals surface area contributed by atoms with Crippen molar-refractivity contribution in [2.75, 3.05) is 18.9 Å². The van der Waals surface area contributed by atoms with Crippen LogP contribution >= 0.6 is 0 Å². The molecule has 2 aromatic rings. The molecular formula is C14H12F3N3O3S. The minimum Gasteiger partial charge on any atom is -0.322 e. The highest BCUT2D eigenvalue weighted by Crippen LogP contribution is 2.20. The lowest BCUT2D eigenvalue weighted by Gasteiger charge is -2.16. The lowest BCUT2D eigenvalue weighted by Crippen LogP contribution is -2.35. The first kappa shape index (κ1) is 17.9. The number of likely N-dealkylation sites (N-methyl/N-ethyl adjacent to an activating group) is 1. The average Bonchev–Trinajstić information content (AvgIpc) is 2.56. The highest BCUT2D eigenvalue weighted by molar-refractivity contribution is 7.89. The fourth-order valence-electron chi connectivity index (χ4n) is 1.78. The summed E-state index contributed by atoms with van der Waals surface area (Å²) in [5, 5.41) is 1.99.